The van der Waals surface area contributed by atoms with Crippen molar-refractivity contribution in [2.75, 3.05) is 6.54 Å². The van der Waals surface area contributed by atoms with E-state index in [0.29, 0.717) is 5.75 Å². The van der Waals surface area contributed by atoms with Gasteiger partial charge in [0, 0.05) is 16.9 Å². The zero-order valence-electron chi connectivity index (χ0n) is 15.6. The quantitative estimate of drug-likeness (QED) is 0.775. The number of hydrogen-bond donors (Lipinski definition) is 2. The van der Waals surface area contributed by atoms with Gasteiger partial charge in [-0.1, -0.05) is 29.8 Å². The molecule has 2 rings (SSSR count). The van der Waals surface area contributed by atoms with Crippen LogP contribution in [0.2, 0.25) is 0 Å². The molecule has 146 valence electrons. The zero-order valence-corrected chi connectivity index (χ0v) is 16.4. The molecule has 2 amide bonds. The predicted octanol–water partition coefficient (Wildman–Crippen LogP) is 3.11. The van der Waals surface area contributed by atoms with E-state index in [-0.39, 0.29) is 13.0 Å². The number of thioether (sulfide) groups is 1. The summed E-state index contributed by atoms with van der Waals surface area (Å²) in [6.45, 7) is 5.35. The van der Waals surface area contributed by atoms with Gasteiger partial charge in [0.15, 0.2) is 0 Å². The number of carboxylic acid groups (broad SMARTS) is 1. The zero-order chi connectivity index (χ0) is 20.2. The van der Waals surface area contributed by atoms with Crippen molar-refractivity contribution in [1.29, 1.82) is 5.26 Å². The van der Waals surface area contributed by atoms with Crippen LogP contribution < -0.4 is 5.32 Å². The molecule has 8 heteroatoms. The number of amides is 2. The fourth-order valence-corrected chi connectivity index (χ4v) is 4.07. The number of nitrogens with zero attached hydrogens (tertiary/aromatic N) is 2. The molecule has 0 bridgehead atoms. The minimum atomic E-state index is -1.33. The summed E-state index contributed by atoms with van der Waals surface area (Å²) in [5, 5.41) is 20.7. The van der Waals surface area contributed by atoms with E-state index in [2.05, 4.69) is 5.32 Å². The van der Waals surface area contributed by atoms with Gasteiger partial charge in [-0.2, -0.15) is 5.26 Å². The third kappa shape index (κ3) is 5.36. The second-order valence-corrected chi connectivity index (χ2v) is 8.86. The van der Waals surface area contributed by atoms with Crippen LogP contribution in [0, 0.1) is 18.3 Å². The summed E-state index contributed by atoms with van der Waals surface area (Å²) in [5.74, 6) is 0.0247. The first kappa shape index (κ1) is 21.0. The average Bonchev–Trinajstić information content (AvgIpc) is 2.99. The number of carbonyl (C=O) groups excluding carboxylic acids is 1. The van der Waals surface area contributed by atoms with E-state index < -0.39 is 35.0 Å². The molecule has 27 heavy (non-hydrogen) atoms. The maximum Gasteiger partial charge on any atom is 0.405 e. The molecule has 2 N–H and O–H groups in total. The monoisotopic (exact) mass is 393 g/mol. The van der Waals surface area contributed by atoms with Crippen LogP contribution in [0.4, 0.5) is 9.18 Å². The SMILES string of the molecule is Cc1ccc(CSC(C)(C)[C@H](NC(=O)O)C(=O)N2C[C@@H](F)C[C@H]2C#N)cc1. The third-order valence-corrected chi connectivity index (χ3v) is 6.08. The van der Waals surface area contributed by atoms with Gasteiger partial charge in [-0.25, -0.2) is 9.18 Å². The van der Waals surface area contributed by atoms with Gasteiger partial charge in [0.2, 0.25) is 5.91 Å². The summed E-state index contributed by atoms with van der Waals surface area (Å²) in [5.41, 5.74) is 2.20. The van der Waals surface area contributed by atoms with Crippen molar-refractivity contribution in [1.82, 2.24) is 10.2 Å². The van der Waals surface area contributed by atoms with E-state index in [4.69, 9.17) is 0 Å². The van der Waals surface area contributed by atoms with E-state index in [9.17, 15) is 24.3 Å². The second-order valence-electron chi connectivity index (χ2n) is 7.23. The Morgan fingerprint density at radius 1 is 1.44 bits per heavy atom. The molecule has 6 nitrogen and oxygen atoms in total. The van der Waals surface area contributed by atoms with Gasteiger partial charge >= 0.3 is 6.09 Å². The Kier molecular flexibility index (Phi) is 6.71. The standard InChI is InChI=1S/C19H24FN3O3S/c1-12-4-6-13(7-5-12)11-27-19(2,3)16(22-18(25)26)17(24)23-10-14(20)8-15(23)9-21/h4-7,14-16,22H,8,10-11H2,1-3H3,(H,25,26)/t14-,15-,16+/m0/s1. The first-order valence-electron chi connectivity index (χ1n) is 8.67. The molecule has 0 spiro atoms. The number of hydrogen-bond acceptors (Lipinski definition) is 4. The van der Waals surface area contributed by atoms with Gasteiger partial charge in [-0.05, 0) is 26.3 Å². The van der Waals surface area contributed by atoms with Crippen molar-refractivity contribution in [2.24, 2.45) is 0 Å². The molecule has 1 fully saturated rings. The topological polar surface area (TPSA) is 93.4 Å². The summed E-state index contributed by atoms with van der Waals surface area (Å²) in [7, 11) is 0. The fraction of sp³-hybridized carbons (Fsp3) is 0.526. The molecule has 3 atom stereocenters. The van der Waals surface area contributed by atoms with Crippen LogP contribution in [0.25, 0.3) is 0 Å². The van der Waals surface area contributed by atoms with Gasteiger partial charge in [-0.3, -0.25) is 4.79 Å². The number of benzene rings is 1. The van der Waals surface area contributed by atoms with Gasteiger partial charge < -0.3 is 15.3 Å². The van der Waals surface area contributed by atoms with Crippen molar-refractivity contribution in [3.63, 3.8) is 0 Å². The van der Waals surface area contributed by atoms with Crippen molar-refractivity contribution in [3.8, 4) is 6.07 Å². The first-order chi connectivity index (χ1) is 12.6. The number of halogens is 1. The second kappa shape index (κ2) is 8.61. The highest BCUT2D eigenvalue weighted by atomic mass is 32.2. The van der Waals surface area contributed by atoms with E-state index in [0.717, 1.165) is 16.0 Å². The number of aryl methyl sites for hydroxylation is 1. The molecule has 0 aromatic heterocycles. The smallest absolute Gasteiger partial charge is 0.405 e. The van der Waals surface area contributed by atoms with Gasteiger partial charge in [0.25, 0.3) is 0 Å². The lowest BCUT2D eigenvalue weighted by Crippen LogP contribution is -2.58. The Morgan fingerprint density at radius 2 is 2.07 bits per heavy atom. The average molecular weight is 393 g/mol. The highest BCUT2D eigenvalue weighted by Crippen LogP contribution is 2.34. The lowest BCUT2D eigenvalue weighted by Gasteiger charge is -2.35. The maximum atomic E-state index is 13.7. The molecule has 1 aliphatic heterocycles. The van der Waals surface area contributed by atoms with Crippen LogP contribution in [-0.4, -0.2) is 51.6 Å². The summed E-state index contributed by atoms with van der Waals surface area (Å²) >= 11 is 1.43. The van der Waals surface area contributed by atoms with E-state index in [1.54, 1.807) is 13.8 Å². The highest BCUT2D eigenvalue weighted by molar-refractivity contribution is 7.99. The molecule has 0 unspecified atom stereocenters. The molecule has 1 aromatic carbocycles. The van der Waals surface area contributed by atoms with Crippen molar-refractivity contribution >= 4 is 23.8 Å². The number of nitrogens with one attached hydrogen (secondary N) is 1. The Morgan fingerprint density at radius 3 is 2.63 bits per heavy atom. The van der Waals surface area contributed by atoms with Gasteiger partial charge in [0.1, 0.15) is 18.3 Å². The number of alkyl halides is 1. The molecule has 0 aliphatic carbocycles. The number of likely N-dealkylation sites (tertiary alicyclic amines) is 1. The van der Waals surface area contributed by atoms with Gasteiger partial charge in [0.05, 0.1) is 12.6 Å². The van der Waals surface area contributed by atoms with Crippen LogP contribution >= 0.6 is 11.8 Å². The summed E-state index contributed by atoms with van der Waals surface area (Å²) in [6.07, 6.45) is -2.65. The molecule has 1 heterocycles. The summed E-state index contributed by atoms with van der Waals surface area (Å²) in [4.78, 5) is 25.4. The van der Waals surface area contributed by atoms with Crippen LogP contribution in [0.15, 0.2) is 24.3 Å². The molecular weight excluding hydrogens is 369 g/mol. The van der Waals surface area contributed by atoms with Crippen molar-refractivity contribution in [3.05, 3.63) is 35.4 Å². The Labute approximate surface area is 162 Å². The van der Waals surface area contributed by atoms with E-state index in [1.807, 2.05) is 37.3 Å². The predicted molar refractivity (Wildman–Crippen MR) is 102 cm³/mol. The van der Waals surface area contributed by atoms with Crippen LogP contribution in [-0.2, 0) is 10.5 Å². The highest BCUT2D eigenvalue weighted by Gasteiger charge is 2.44. The summed E-state index contributed by atoms with van der Waals surface area (Å²) < 4.78 is 12.9. The number of nitriles is 1. The number of rotatable bonds is 6. The molecule has 0 radical (unpaired) electrons. The third-order valence-electron chi connectivity index (χ3n) is 4.62. The fourth-order valence-electron chi connectivity index (χ4n) is 3.01. The maximum absolute atomic E-state index is 13.7. The lowest BCUT2D eigenvalue weighted by atomic mass is 10.0. The van der Waals surface area contributed by atoms with Gasteiger partial charge in [-0.15, -0.1) is 11.8 Å². The first-order valence-corrected chi connectivity index (χ1v) is 9.65. The minimum Gasteiger partial charge on any atom is -0.465 e. The van der Waals surface area contributed by atoms with Crippen LogP contribution in [0.1, 0.15) is 31.4 Å². The Balaban J connectivity index is 2.17. The molecule has 1 aromatic rings. The molecule has 1 aliphatic rings. The molecule has 0 saturated carbocycles. The summed E-state index contributed by atoms with van der Waals surface area (Å²) in [6, 6.07) is 7.92. The van der Waals surface area contributed by atoms with Crippen LogP contribution in [0.5, 0.6) is 0 Å². The number of carbonyl (C=O) groups is 2. The van der Waals surface area contributed by atoms with Crippen molar-refractivity contribution < 1.29 is 19.1 Å². The van der Waals surface area contributed by atoms with E-state index in [1.165, 1.54) is 11.8 Å². The molecular formula is C19H24FN3O3S. The normalized spacial score (nSPS) is 20.8. The largest absolute Gasteiger partial charge is 0.465 e. The van der Waals surface area contributed by atoms with E-state index >= 15 is 0 Å². The minimum absolute atomic E-state index is 0.0427. The Hall–Kier alpha value is -2.27. The van der Waals surface area contributed by atoms with Crippen molar-refractivity contribution in [2.45, 2.75) is 55.9 Å². The van der Waals surface area contributed by atoms with Crippen LogP contribution in [0.3, 0.4) is 0 Å². The Bertz CT molecular complexity index is 733. The molecule has 1 saturated heterocycles. The lowest BCUT2D eigenvalue weighted by molar-refractivity contribution is -0.134.